The van der Waals surface area contributed by atoms with E-state index in [-0.39, 0.29) is 5.91 Å². The topological polar surface area (TPSA) is 50.2 Å². The zero-order valence-corrected chi connectivity index (χ0v) is 12.7. The Bertz CT molecular complexity index is 721. The van der Waals surface area contributed by atoms with E-state index in [9.17, 15) is 4.79 Å². The van der Waals surface area contributed by atoms with Crippen LogP contribution < -0.4 is 10.2 Å². The van der Waals surface area contributed by atoms with Gasteiger partial charge in [-0.3, -0.25) is 4.79 Å². The number of nitrogens with zero attached hydrogens (tertiary/aromatic N) is 3. The predicted octanol–water partition coefficient (Wildman–Crippen LogP) is 2.54. The molecule has 0 radical (unpaired) electrons. The number of carbonyl (C=O) groups is 1. The number of nitrogens with one attached hydrogen (secondary N) is 1. The van der Waals surface area contributed by atoms with Gasteiger partial charge in [-0.1, -0.05) is 19.1 Å². The molecule has 5 heteroatoms. The van der Waals surface area contributed by atoms with E-state index in [0.29, 0.717) is 12.5 Å². The molecule has 1 atom stereocenters. The molecule has 0 bridgehead atoms. The van der Waals surface area contributed by atoms with Gasteiger partial charge in [-0.05, 0) is 24.5 Å². The van der Waals surface area contributed by atoms with Gasteiger partial charge in [-0.15, -0.1) is 0 Å². The normalized spacial score (nSPS) is 20.0. The Labute approximate surface area is 130 Å². The second-order valence-corrected chi connectivity index (χ2v) is 6.21. The molecule has 1 amide bonds. The van der Waals surface area contributed by atoms with Crippen LogP contribution in [0.5, 0.6) is 0 Å². The number of benzene rings is 1. The van der Waals surface area contributed by atoms with Crippen molar-refractivity contribution in [2.75, 3.05) is 23.3 Å². The molecule has 114 valence electrons. The summed E-state index contributed by atoms with van der Waals surface area (Å²) in [5.41, 5.74) is 2.70. The summed E-state index contributed by atoms with van der Waals surface area (Å²) in [5, 5.41) is 3.34. The fourth-order valence-corrected chi connectivity index (χ4v) is 3.39. The fraction of sp³-hybridized carbons (Fsp3) is 0.412. The molecule has 0 saturated carbocycles. The van der Waals surface area contributed by atoms with Crippen molar-refractivity contribution in [1.82, 2.24) is 9.55 Å². The Morgan fingerprint density at radius 1 is 1.32 bits per heavy atom. The van der Waals surface area contributed by atoms with E-state index in [1.807, 2.05) is 29.2 Å². The largest absolute Gasteiger partial charge is 0.382 e. The molecule has 1 unspecified atom stereocenters. The van der Waals surface area contributed by atoms with Crippen LogP contribution >= 0.6 is 0 Å². The molecule has 5 nitrogen and oxygen atoms in total. The first kappa shape index (κ1) is 13.4. The van der Waals surface area contributed by atoms with E-state index >= 15 is 0 Å². The summed E-state index contributed by atoms with van der Waals surface area (Å²) in [6, 6.07) is 7.97. The van der Waals surface area contributed by atoms with Gasteiger partial charge in [0.1, 0.15) is 11.5 Å². The maximum Gasteiger partial charge on any atom is 0.276 e. The van der Waals surface area contributed by atoms with Crippen molar-refractivity contribution in [2.45, 2.75) is 26.3 Å². The summed E-state index contributed by atoms with van der Waals surface area (Å²) in [4.78, 5) is 19.4. The predicted molar refractivity (Wildman–Crippen MR) is 86.3 cm³/mol. The van der Waals surface area contributed by atoms with Crippen molar-refractivity contribution < 1.29 is 4.79 Å². The van der Waals surface area contributed by atoms with Crippen molar-refractivity contribution in [3.8, 4) is 0 Å². The molecule has 4 rings (SSSR count). The number of rotatable bonds is 1. The molecule has 0 fully saturated rings. The highest BCUT2D eigenvalue weighted by molar-refractivity contribution is 6.07. The number of fused-ring (bicyclic) bond motifs is 2. The summed E-state index contributed by atoms with van der Waals surface area (Å²) < 4.78 is 2.10. The van der Waals surface area contributed by atoms with E-state index in [1.54, 1.807) is 6.20 Å². The molecule has 2 aromatic rings. The quantitative estimate of drug-likeness (QED) is 0.880. The molecule has 3 heterocycles. The van der Waals surface area contributed by atoms with E-state index < -0.39 is 0 Å². The average molecular weight is 296 g/mol. The van der Waals surface area contributed by atoms with Crippen molar-refractivity contribution >= 4 is 17.3 Å². The van der Waals surface area contributed by atoms with Crippen molar-refractivity contribution in [2.24, 2.45) is 5.92 Å². The summed E-state index contributed by atoms with van der Waals surface area (Å²) in [6.45, 7) is 4.60. The zero-order valence-electron chi connectivity index (χ0n) is 12.7. The van der Waals surface area contributed by atoms with Gasteiger partial charge in [0.25, 0.3) is 5.91 Å². The van der Waals surface area contributed by atoms with Crippen LogP contribution in [0.25, 0.3) is 0 Å². The van der Waals surface area contributed by atoms with Crippen LogP contribution in [0.2, 0.25) is 0 Å². The highest BCUT2D eigenvalue weighted by atomic mass is 16.2. The Balaban J connectivity index is 1.69. The Kier molecular flexibility index (Phi) is 3.13. The number of aromatic nitrogens is 2. The molecule has 2 aliphatic heterocycles. The van der Waals surface area contributed by atoms with E-state index in [2.05, 4.69) is 21.8 Å². The third kappa shape index (κ3) is 2.08. The summed E-state index contributed by atoms with van der Waals surface area (Å²) in [6.07, 6.45) is 3.83. The molecular formula is C17H20N4O. The van der Waals surface area contributed by atoms with Gasteiger partial charge in [-0.2, -0.15) is 0 Å². The van der Waals surface area contributed by atoms with Crippen molar-refractivity contribution in [1.29, 1.82) is 0 Å². The molecule has 2 aliphatic rings. The van der Waals surface area contributed by atoms with Crippen molar-refractivity contribution in [3.05, 3.63) is 42.0 Å². The molecular weight excluding hydrogens is 276 g/mol. The number of amides is 1. The molecule has 0 saturated heterocycles. The molecule has 0 aliphatic carbocycles. The third-order valence-electron chi connectivity index (χ3n) is 4.62. The first-order valence-corrected chi connectivity index (χ1v) is 7.93. The van der Waals surface area contributed by atoms with Crippen LogP contribution in [0.4, 0.5) is 11.4 Å². The number of hydrogen-bond donors (Lipinski definition) is 1. The van der Waals surface area contributed by atoms with Crippen LogP contribution in [0.15, 0.2) is 30.5 Å². The first-order valence-electron chi connectivity index (χ1n) is 7.93. The van der Waals surface area contributed by atoms with Crippen molar-refractivity contribution in [3.63, 3.8) is 0 Å². The van der Waals surface area contributed by atoms with E-state index in [1.165, 1.54) is 0 Å². The monoisotopic (exact) mass is 296 g/mol. The minimum Gasteiger partial charge on any atom is -0.382 e. The fourth-order valence-electron chi connectivity index (χ4n) is 3.39. The van der Waals surface area contributed by atoms with Gasteiger partial charge in [0, 0.05) is 26.1 Å². The Morgan fingerprint density at radius 2 is 2.18 bits per heavy atom. The Hall–Kier alpha value is -2.30. The highest BCUT2D eigenvalue weighted by Crippen LogP contribution is 2.30. The number of imidazole rings is 1. The minimum absolute atomic E-state index is 0.0576. The van der Waals surface area contributed by atoms with Crippen LogP contribution in [0.1, 0.15) is 29.7 Å². The van der Waals surface area contributed by atoms with Crippen LogP contribution in [-0.4, -0.2) is 28.5 Å². The van der Waals surface area contributed by atoms with E-state index in [0.717, 1.165) is 48.8 Å². The Morgan fingerprint density at radius 3 is 3.09 bits per heavy atom. The van der Waals surface area contributed by atoms with Gasteiger partial charge in [0.2, 0.25) is 0 Å². The van der Waals surface area contributed by atoms with Crippen LogP contribution in [-0.2, 0) is 13.0 Å². The van der Waals surface area contributed by atoms with Crippen LogP contribution in [0, 0.1) is 5.92 Å². The maximum atomic E-state index is 13.0. The molecule has 1 aromatic carbocycles. The zero-order chi connectivity index (χ0) is 15.1. The summed E-state index contributed by atoms with van der Waals surface area (Å²) in [5.74, 6) is 1.76. The lowest BCUT2D eigenvalue weighted by atomic mass is 10.0. The van der Waals surface area contributed by atoms with Gasteiger partial charge in [0.15, 0.2) is 0 Å². The average Bonchev–Trinajstić information content (AvgIpc) is 2.96. The molecule has 1 aromatic heterocycles. The number of para-hydroxylation sites is 2. The van der Waals surface area contributed by atoms with Gasteiger partial charge in [0.05, 0.1) is 17.6 Å². The summed E-state index contributed by atoms with van der Waals surface area (Å²) >= 11 is 0. The second-order valence-electron chi connectivity index (χ2n) is 6.21. The number of carbonyl (C=O) groups excluding carboxylic acids is 1. The lowest BCUT2D eigenvalue weighted by Gasteiger charge is -2.31. The molecule has 22 heavy (non-hydrogen) atoms. The summed E-state index contributed by atoms with van der Waals surface area (Å²) in [7, 11) is 0. The number of hydrogen-bond acceptors (Lipinski definition) is 3. The molecule has 0 spiro atoms. The highest BCUT2D eigenvalue weighted by Gasteiger charge is 2.28. The van der Waals surface area contributed by atoms with Crippen LogP contribution in [0.3, 0.4) is 0 Å². The lowest BCUT2D eigenvalue weighted by Crippen LogP contribution is -2.40. The lowest BCUT2D eigenvalue weighted by molar-refractivity contribution is 0.0976. The third-order valence-corrected chi connectivity index (χ3v) is 4.62. The van der Waals surface area contributed by atoms with E-state index in [4.69, 9.17) is 0 Å². The SMILES string of the molecule is CC1CCn2c(C(=O)N3CCNc4ccccc43)cnc2C1. The minimum atomic E-state index is 0.0576. The second kappa shape index (κ2) is 5.16. The standard InChI is InChI=1S/C17H20N4O/c1-12-6-8-20-15(11-19-16(20)10-12)17(22)21-9-7-18-13-4-2-3-5-14(13)21/h2-5,11-12,18H,6-10H2,1H3. The first-order chi connectivity index (χ1) is 10.7. The maximum absolute atomic E-state index is 13.0. The van der Waals surface area contributed by atoms with Gasteiger partial charge in [-0.25, -0.2) is 4.98 Å². The molecule has 1 N–H and O–H groups in total. The number of anilines is 2. The van der Waals surface area contributed by atoms with Gasteiger partial charge >= 0.3 is 0 Å². The van der Waals surface area contributed by atoms with Gasteiger partial charge < -0.3 is 14.8 Å². The smallest absolute Gasteiger partial charge is 0.276 e.